The molecular weight excluding hydrogens is 574 g/mol. The van der Waals surface area contributed by atoms with E-state index in [-0.39, 0.29) is 12.5 Å². The second-order valence-corrected chi connectivity index (χ2v) is 10.8. The van der Waals surface area contributed by atoms with Crippen LogP contribution in [0.15, 0.2) is 73.1 Å². The molecule has 0 bridgehead atoms. The highest BCUT2D eigenvalue weighted by molar-refractivity contribution is 5.92. The first-order valence-corrected chi connectivity index (χ1v) is 14.1. The predicted molar refractivity (Wildman–Crippen MR) is 180 cm³/mol. The number of nitrogens with one attached hydrogen (secondary N) is 4. The van der Waals surface area contributed by atoms with Gasteiger partial charge in [-0.3, -0.25) is 19.7 Å². The molecule has 45 heavy (non-hydrogen) atoms. The van der Waals surface area contributed by atoms with Crippen LogP contribution in [-0.4, -0.2) is 59.9 Å². The van der Waals surface area contributed by atoms with Gasteiger partial charge in [-0.2, -0.15) is 0 Å². The van der Waals surface area contributed by atoms with Crippen molar-refractivity contribution in [3.8, 4) is 11.1 Å². The number of carbonyl (C=O) groups is 4. The Labute approximate surface area is 263 Å². The number of ether oxygens (including phenoxy) is 1. The van der Waals surface area contributed by atoms with Crippen molar-refractivity contribution < 1.29 is 23.9 Å². The predicted octanol–water partition coefficient (Wildman–Crippen LogP) is 5.36. The van der Waals surface area contributed by atoms with Crippen molar-refractivity contribution in [3.63, 3.8) is 0 Å². The fourth-order valence-corrected chi connectivity index (χ4v) is 3.81. The van der Waals surface area contributed by atoms with Gasteiger partial charge < -0.3 is 35.6 Å². The monoisotopic (exact) mass is 617 g/mol. The van der Waals surface area contributed by atoms with Gasteiger partial charge in [0.1, 0.15) is 5.60 Å². The minimum Gasteiger partial charge on any atom is -0.444 e. The Kier molecular flexibility index (Phi) is 13.6. The maximum absolute atomic E-state index is 11.4. The fourth-order valence-electron chi connectivity index (χ4n) is 3.81. The molecule has 0 aliphatic heterocycles. The molecule has 0 atom stereocenters. The number of hydrogen-bond donors (Lipinski definition) is 5. The highest BCUT2D eigenvalue weighted by Crippen LogP contribution is 2.23. The van der Waals surface area contributed by atoms with Crippen LogP contribution in [0.2, 0.25) is 0 Å². The van der Waals surface area contributed by atoms with Gasteiger partial charge >= 0.3 is 6.09 Å². The number of benzene rings is 2. The summed E-state index contributed by atoms with van der Waals surface area (Å²) in [5, 5.41) is 11.3. The van der Waals surface area contributed by atoms with Crippen LogP contribution in [0.4, 0.5) is 27.5 Å². The lowest BCUT2D eigenvalue weighted by Crippen LogP contribution is -2.27. The second-order valence-electron chi connectivity index (χ2n) is 10.8. The summed E-state index contributed by atoms with van der Waals surface area (Å²) >= 11 is 0. The van der Waals surface area contributed by atoms with Crippen LogP contribution in [-0.2, 0) is 23.6 Å². The number of amides is 2. The Morgan fingerprint density at radius 3 is 1.67 bits per heavy atom. The number of nitrogens with zero attached hydrogens (tertiary/aromatic N) is 2. The van der Waals surface area contributed by atoms with Crippen molar-refractivity contribution in [2.24, 2.45) is 19.8 Å². The maximum atomic E-state index is 11.4. The van der Waals surface area contributed by atoms with Crippen LogP contribution in [0.5, 0.6) is 0 Å². The highest BCUT2D eigenvalue weighted by atomic mass is 16.6. The van der Waals surface area contributed by atoms with Crippen molar-refractivity contribution in [3.05, 3.63) is 84.4 Å². The zero-order valence-corrected chi connectivity index (χ0v) is 26.8. The van der Waals surface area contributed by atoms with Crippen LogP contribution < -0.4 is 27.0 Å². The first kappa shape index (κ1) is 35.8. The Bertz CT molecular complexity index is 1550. The molecule has 0 saturated heterocycles. The van der Waals surface area contributed by atoms with Crippen LogP contribution in [0.1, 0.15) is 41.7 Å². The number of hydrogen-bond acceptors (Lipinski definition) is 8. The van der Waals surface area contributed by atoms with Crippen molar-refractivity contribution in [2.75, 3.05) is 41.9 Å². The van der Waals surface area contributed by atoms with Gasteiger partial charge in [0.05, 0.1) is 23.6 Å². The number of aldehydes is 2. The molecule has 6 N–H and O–H groups in total. The minimum absolute atomic E-state index is 0.00772. The number of carbonyl (C=O) groups excluding carboxylic acids is 4. The molecule has 12 nitrogen and oxygen atoms in total. The van der Waals surface area contributed by atoms with Crippen molar-refractivity contribution in [2.45, 2.75) is 26.4 Å². The SMILES string of the molecule is CNc1ccc(-c2cc(C=O)n(C)c2)cc1.CNc1ccc(NC(=O)CN)cc1.Cn1cc(NC(=O)OC(C)(C)C)cc1C=O. The Hall–Kier alpha value is -5.36. The quantitative estimate of drug-likeness (QED) is 0.165. The molecule has 2 amide bonds. The molecule has 240 valence electrons. The number of nitrogens with two attached hydrogens (primary N) is 1. The summed E-state index contributed by atoms with van der Waals surface area (Å²) in [4.78, 5) is 43.6. The third kappa shape index (κ3) is 12.0. The van der Waals surface area contributed by atoms with Crippen LogP contribution in [0.25, 0.3) is 11.1 Å². The summed E-state index contributed by atoms with van der Waals surface area (Å²) in [6.07, 6.45) is 4.66. The van der Waals surface area contributed by atoms with E-state index in [0.717, 1.165) is 40.8 Å². The number of aromatic nitrogens is 2. The Balaban J connectivity index is 0.000000237. The van der Waals surface area contributed by atoms with Crippen molar-refractivity contribution >= 4 is 47.3 Å². The molecule has 0 saturated carbocycles. The zero-order chi connectivity index (χ0) is 33.6. The Morgan fingerprint density at radius 2 is 1.22 bits per heavy atom. The topological polar surface area (TPSA) is 162 Å². The largest absolute Gasteiger partial charge is 0.444 e. The lowest BCUT2D eigenvalue weighted by atomic mass is 10.1. The van der Waals surface area contributed by atoms with Gasteiger partial charge in [-0.25, -0.2) is 4.79 Å². The van der Waals surface area contributed by atoms with Crippen LogP contribution in [0.3, 0.4) is 0 Å². The second kappa shape index (κ2) is 17.1. The van der Waals surface area contributed by atoms with E-state index in [2.05, 4.69) is 21.3 Å². The molecule has 0 fully saturated rings. The van der Waals surface area contributed by atoms with Crippen molar-refractivity contribution in [1.82, 2.24) is 9.13 Å². The van der Waals surface area contributed by atoms with Gasteiger partial charge in [0.25, 0.3) is 0 Å². The average Bonchev–Trinajstić information content (AvgIpc) is 3.57. The maximum Gasteiger partial charge on any atom is 0.412 e. The molecule has 0 radical (unpaired) electrons. The van der Waals surface area contributed by atoms with Gasteiger partial charge in [0, 0.05) is 63.2 Å². The van der Waals surface area contributed by atoms with Crippen LogP contribution >= 0.6 is 0 Å². The van der Waals surface area contributed by atoms with E-state index in [1.807, 2.05) is 86.5 Å². The number of rotatable bonds is 8. The van der Waals surface area contributed by atoms with E-state index >= 15 is 0 Å². The smallest absolute Gasteiger partial charge is 0.412 e. The molecule has 2 heterocycles. The lowest BCUT2D eigenvalue weighted by Gasteiger charge is -2.19. The highest BCUT2D eigenvalue weighted by Gasteiger charge is 2.16. The number of anilines is 4. The van der Waals surface area contributed by atoms with E-state index in [9.17, 15) is 19.2 Å². The molecule has 2 aromatic heterocycles. The molecule has 12 heteroatoms. The first-order valence-electron chi connectivity index (χ1n) is 14.1. The third-order valence-electron chi connectivity index (χ3n) is 6.12. The van der Waals surface area contributed by atoms with Gasteiger partial charge in [0.2, 0.25) is 5.91 Å². The molecule has 0 aliphatic rings. The zero-order valence-electron chi connectivity index (χ0n) is 26.8. The summed E-state index contributed by atoms with van der Waals surface area (Å²) < 4.78 is 8.53. The van der Waals surface area contributed by atoms with E-state index in [1.54, 1.807) is 44.6 Å². The first-order chi connectivity index (χ1) is 21.3. The van der Waals surface area contributed by atoms with Crippen molar-refractivity contribution in [1.29, 1.82) is 0 Å². The fraction of sp³-hybridized carbons (Fsp3) is 0.273. The van der Waals surface area contributed by atoms with Gasteiger partial charge in [-0.1, -0.05) is 12.1 Å². The molecule has 4 rings (SSSR count). The number of aryl methyl sites for hydroxylation is 2. The van der Waals surface area contributed by atoms with Crippen LogP contribution in [0, 0.1) is 0 Å². The van der Waals surface area contributed by atoms with E-state index < -0.39 is 11.7 Å². The molecule has 0 spiro atoms. The molecule has 0 aliphatic carbocycles. The van der Waals surface area contributed by atoms with E-state index in [4.69, 9.17) is 10.5 Å². The molecule has 0 unspecified atom stereocenters. The summed E-state index contributed by atoms with van der Waals surface area (Å²) in [5.41, 5.74) is 11.4. The molecule has 4 aromatic rings. The summed E-state index contributed by atoms with van der Waals surface area (Å²) in [6.45, 7) is 5.37. The average molecular weight is 618 g/mol. The Morgan fingerprint density at radius 1 is 0.733 bits per heavy atom. The lowest BCUT2D eigenvalue weighted by molar-refractivity contribution is -0.114. The minimum atomic E-state index is -0.535. The van der Waals surface area contributed by atoms with Gasteiger partial charge in [0.15, 0.2) is 12.6 Å². The van der Waals surface area contributed by atoms with E-state index in [0.29, 0.717) is 17.1 Å². The molecular formula is C33H43N7O5. The summed E-state index contributed by atoms with van der Waals surface area (Å²) in [6, 6.07) is 19.0. The van der Waals surface area contributed by atoms with Gasteiger partial charge in [-0.05, 0) is 74.9 Å². The van der Waals surface area contributed by atoms with E-state index in [1.165, 1.54) is 0 Å². The standard InChI is InChI=1S/C13H14N2O.C11H16N2O3.C9H13N3O/c1-14-12-5-3-10(4-6-12)11-7-13(9-16)15(2)8-11;1-11(2,3)16-10(15)12-8-5-9(7-14)13(4)6-8;1-11-7-2-4-8(5-3-7)12-9(13)6-10/h3-9,14H,1-2H3;5-7H,1-4H3,(H,12,15);2-5,11H,6,10H2,1H3,(H,12,13). The normalized spacial score (nSPS) is 10.2. The van der Waals surface area contributed by atoms with Gasteiger partial charge in [-0.15, -0.1) is 0 Å². The summed E-state index contributed by atoms with van der Waals surface area (Å²) in [5.74, 6) is -0.183. The third-order valence-corrected chi connectivity index (χ3v) is 6.12. The molecule has 2 aromatic carbocycles. The summed E-state index contributed by atoms with van der Waals surface area (Å²) in [7, 11) is 7.33.